The van der Waals surface area contributed by atoms with Gasteiger partial charge in [-0.05, 0) is 44.7 Å². The summed E-state index contributed by atoms with van der Waals surface area (Å²) in [6.45, 7) is 8.32. The van der Waals surface area contributed by atoms with E-state index in [1.165, 1.54) is 25.9 Å². The summed E-state index contributed by atoms with van der Waals surface area (Å²) < 4.78 is 0. The third kappa shape index (κ3) is 5.28. The van der Waals surface area contributed by atoms with Crippen LogP contribution in [-0.4, -0.2) is 49.3 Å². The SMILES string of the molecule is CC(C)CNC1CC(CCCO)CN(C)C1. The summed E-state index contributed by atoms with van der Waals surface area (Å²) in [6.07, 6.45) is 3.40. The van der Waals surface area contributed by atoms with Crippen LogP contribution >= 0.6 is 0 Å². The van der Waals surface area contributed by atoms with Gasteiger partial charge >= 0.3 is 0 Å². The normalized spacial score (nSPS) is 27.6. The number of likely N-dealkylation sites (tertiary alicyclic amines) is 1. The predicted molar refractivity (Wildman–Crippen MR) is 68.6 cm³/mol. The molecule has 2 unspecified atom stereocenters. The predicted octanol–water partition coefficient (Wildman–Crippen LogP) is 1.32. The first-order valence-corrected chi connectivity index (χ1v) is 6.64. The zero-order valence-corrected chi connectivity index (χ0v) is 11.1. The molecule has 0 bridgehead atoms. The van der Waals surface area contributed by atoms with Crippen LogP contribution in [0.5, 0.6) is 0 Å². The van der Waals surface area contributed by atoms with Gasteiger partial charge in [0.15, 0.2) is 0 Å². The molecular weight excluding hydrogens is 200 g/mol. The minimum absolute atomic E-state index is 0.338. The lowest BCUT2D eigenvalue weighted by atomic mass is 9.90. The van der Waals surface area contributed by atoms with Gasteiger partial charge < -0.3 is 15.3 Å². The Balaban J connectivity index is 2.29. The molecule has 0 aliphatic carbocycles. The van der Waals surface area contributed by atoms with E-state index in [1.54, 1.807) is 0 Å². The van der Waals surface area contributed by atoms with Gasteiger partial charge in [-0.1, -0.05) is 13.8 Å². The number of aliphatic hydroxyl groups is 1. The zero-order chi connectivity index (χ0) is 12.0. The van der Waals surface area contributed by atoms with Crippen LogP contribution in [-0.2, 0) is 0 Å². The molecule has 16 heavy (non-hydrogen) atoms. The first-order chi connectivity index (χ1) is 7.61. The Hall–Kier alpha value is -0.120. The minimum atomic E-state index is 0.338. The number of piperidine rings is 1. The molecule has 1 saturated heterocycles. The highest BCUT2D eigenvalue weighted by atomic mass is 16.2. The second kappa shape index (κ2) is 7.25. The van der Waals surface area contributed by atoms with Gasteiger partial charge in [-0.15, -0.1) is 0 Å². The molecule has 0 saturated carbocycles. The maximum atomic E-state index is 8.88. The van der Waals surface area contributed by atoms with E-state index in [-0.39, 0.29) is 0 Å². The summed E-state index contributed by atoms with van der Waals surface area (Å²) in [4.78, 5) is 2.42. The molecule has 0 aromatic heterocycles. The molecule has 0 spiro atoms. The van der Waals surface area contributed by atoms with Crippen LogP contribution in [0.3, 0.4) is 0 Å². The minimum Gasteiger partial charge on any atom is -0.396 e. The quantitative estimate of drug-likeness (QED) is 0.720. The molecule has 1 rings (SSSR count). The van der Waals surface area contributed by atoms with Gasteiger partial charge in [0.25, 0.3) is 0 Å². The lowest BCUT2D eigenvalue weighted by Crippen LogP contribution is -2.48. The highest BCUT2D eigenvalue weighted by molar-refractivity contribution is 4.82. The van der Waals surface area contributed by atoms with Crippen molar-refractivity contribution in [2.24, 2.45) is 11.8 Å². The fourth-order valence-corrected chi connectivity index (χ4v) is 2.58. The zero-order valence-electron chi connectivity index (χ0n) is 11.1. The number of hydrogen-bond donors (Lipinski definition) is 2. The van der Waals surface area contributed by atoms with Crippen LogP contribution in [0, 0.1) is 11.8 Å². The van der Waals surface area contributed by atoms with Crippen molar-refractivity contribution in [3.05, 3.63) is 0 Å². The van der Waals surface area contributed by atoms with Crippen LogP contribution in [0.4, 0.5) is 0 Å². The molecule has 1 aliphatic rings. The van der Waals surface area contributed by atoms with Crippen molar-refractivity contribution in [1.29, 1.82) is 0 Å². The molecule has 0 amide bonds. The Bertz CT molecular complexity index is 185. The second-order valence-electron chi connectivity index (χ2n) is 5.69. The van der Waals surface area contributed by atoms with E-state index in [0.29, 0.717) is 12.6 Å². The Morgan fingerprint density at radius 3 is 2.75 bits per heavy atom. The van der Waals surface area contributed by atoms with Gasteiger partial charge in [0.05, 0.1) is 0 Å². The molecule has 2 N–H and O–H groups in total. The van der Waals surface area contributed by atoms with E-state index in [0.717, 1.165) is 24.8 Å². The van der Waals surface area contributed by atoms with E-state index in [1.807, 2.05) is 0 Å². The number of hydrogen-bond acceptors (Lipinski definition) is 3. The largest absolute Gasteiger partial charge is 0.396 e. The summed E-state index contributed by atoms with van der Waals surface area (Å²) in [5.74, 6) is 1.48. The second-order valence-corrected chi connectivity index (χ2v) is 5.69. The summed E-state index contributed by atoms with van der Waals surface area (Å²) in [5.41, 5.74) is 0. The molecule has 96 valence electrons. The van der Waals surface area contributed by atoms with Gasteiger partial charge in [0, 0.05) is 25.7 Å². The van der Waals surface area contributed by atoms with Crippen LogP contribution in [0.1, 0.15) is 33.1 Å². The molecule has 2 atom stereocenters. The number of nitrogens with zero attached hydrogens (tertiary/aromatic N) is 1. The lowest BCUT2D eigenvalue weighted by molar-refractivity contribution is 0.152. The van der Waals surface area contributed by atoms with Crippen LogP contribution in [0.15, 0.2) is 0 Å². The van der Waals surface area contributed by atoms with E-state index >= 15 is 0 Å². The Morgan fingerprint density at radius 1 is 1.38 bits per heavy atom. The number of rotatable bonds is 6. The van der Waals surface area contributed by atoms with E-state index < -0.39 is 0 Å². The number of likely N-dealkylation sites (N-methyl/N-ethyl adjacent to an activating group) is 1. The molecule has 3 nitrogen and oxygen atoms in total. The maximum Gasteiger partial charge on any atom is 0.0431 e. The van der Waals surface area contributed by atoms with Crippen molar-refractivity contribution in [2.75, 3.05) is 33.3 Å². The number of nitrogens with one attached hydrogen (secondary N) is 1. The summed E-state index contributed by atoms with van der Waals surface area (Å²) in [7, 11) is 2.20. The standard InChI is InChI=1S/C13H28N2O/c1-11(2)8-14-13-7-12(5-4-6-16)9-15(3)10-13/h11-14,16H,4-10H2,1-3H3. The maximum absolute atomic E-state index is 8.88. The van der Waals surface area contributed by atoms with Crippen molar-refractivity contribution in [1.82, 2.24) is 10.2 Å². The fourth-order valence-electron chi connectivity index (χ4n) is 2.58. The van der Waals surface area contributed by atoms with Crippen LogP contribution in [0.2, 0.25) is 0 Å². The fraction of sp³-hybridized carbons (Fsp3) is 1.00. The molecule has 0 radical (unpaired) electrons. The topological polar surface area (TPSA) is 35.5 Å². The lowest BCUT2D eigenvalue weighted by Gasteiger charge is -2.36. The van der Waals surface area contributed by atoms with Crippen molar-refractivity contribution in [3.8, 4) is 0 Å². The van der Waals surface area contributed by atoms with Gasteiger partial charge in [-0.3, -0.25) is 0 Å². The van der Waals surface area contributed by atoms with Crippen molar-refractivity contribution < 1.29 is 5.11 Å². The van der Waals surface area contributed by atoms with Gasteiger partial charge in [0.2, 0.25) is 0 Å². The summed E-state index contributed by atoms with van der Waals surface area (Å²) in [5, 5.41) is 12.5. The molecule has 1 fully saturated rings. The van der Waals surface area contributed by atoms with Gasteiger partial charge in [-0.25, -0.2) is 0 Å². The number of aliphatic hydroxyl groups excluding tert-OH is 1. The average molecular weight is 228 g/mol. The van der Waals surface area contributed by atoms with Crippen molar-refractivity contribution in [2.45, 2.75) is 39.2 Å². The van der Waals surface area contributed by atoms with Crippen molar-refractivity contribution >= 4 is 0 Å². The van der Waals surface area contributed by atoms with Gasteiger partial charge in [0.1, 0.15) is 0 Å². The molecule has 3 heteroatoms. The molecular formula is C13H28N2O. The first-order valence-electron chi connectivity index (χ1n) is 6.64. The Labute approximate surface area is 100 Å². The third-order valence-electron chi connectivity index (χ3n) is 3.31. The monoisotopic (exact) mass is 228 g/mol. The first kappa shape index (κ1) is 13.9. The van der Waals surface area contributed by atoms with Crippen LogP contribution < -0.4 is 5.32 Å². The highest BCUT2D eigenvalue weighted by Crippen LogP contribution is 2.20. The summed E-state index contributed by atoms with van der Waals surface area (Å²) in [6, 6.07) is 0.643. The Morgan fingerprint density at radius 2 is 2.12 bits per heavy atom. The van der Waals surface area contributed by atoms with E-state index in [2.05, 4.69) is 31.1 Å². The van der Waals surface area contributed by atoms with Crippen molar-refractivity contribution in [3.63, 3.8) is 0 Å². The smallest absolute Gasteiger partial charge is 0.0431 e. The van der Waals surface area contributed by atoms with E-state index in [4.69, 9.17) is 5.11 Å². The van der Waals surface area contributed by atoms with Gasteiger partial charge in [-0.2, -0.15) is 0 Å². The molecule has 0 aromatic rings. The van der Waals surface area contributed by atoms with Crippen LogP contribution in [0.25, 0.3) is 0 Å². The third-order valence-corrected chi connectivity index (χ3v) is 3.31. The van der Waals surface area contributed by atoms with E-state index in [9.17, 15) is 0 Å². The summed E-state index contributed by atoms with van der Waals surface area (Å²) >= 11 is 0. The Kier molecular flexibility index (Phi) is 6.32. The molecule has 0 aromatic carbocycles. The average Bonchev–Trinajstić information content (AvgIpc) is 2.23. The molecule has 1 aliphatic heterocycles. The highest BCUT2D eigenvalue weighted by Gasteiger charge is 2.24. The molecule has 1 heterocycles.